The molecule has 2 N–H and O–H groups in total. The summed E-state index contributed by atoms with van der Waals surface area (Å²) in [6.07, 6.45) is 16.6. The van der Waals surface area contributed by atoms with Gasteiger partial charge in [0.05, 0.1) is 5.69 Å². The second-order valence-electron chi connectivity index (χ2n) is 8.60. The normalized spacial score (nSPS) is 11.9. The van der Waals surface area contributed by atoms with Crippen LogP contribution < -0.4 is 5.73 Å². The molecule has 0 aliphatic rings. The van der Waals surface area contributed by atoms with Crippen molar-refractivity contribution in [3.63, 3.8) is 0 Å². The van der Waals surface area contributed by atoms with Crippen molar-refractivity contribution in [3.8, 4) is 34.7 Å². The van der Waals surface area contributed by atoms with Gasteiger partial charge in [-0.05, 0) is 73.4 Å². The highest BCUT2D eigenvalue weighted by molar-refractivity contribution is 5.95. The highest BCUT2D eigenvalue weighted by Crippen LogP contribution is 2.43. The van der Waals surface area contributed by atoms with Crippen LogP contribution in [0.2, 0.25) is 0 Å². The standard InChI is InChI=1S/C31H32FN.C2H5N/c1-6-9-14-25(8-3)29-24(5)33(22-21-23(4)13-7-2)31(27-17-19-28(32)20-18-27)30(29)26-15-11-10-12-16-26;1-2-3/h2,6,8-12,14-20,23H,3,13,21-22H2,1,4-5H3;2H,1,3H2/b9-6-,25-14+;. The van der Waals surface area contributed by atoms with E-state index in [1.165, 1.54) is 18.3 Å². The van der Waals surface area contributed by atoms with Gasteiger partial charge in [-0.2, -0.15) is 0 Å². The average molecular weight is 481 g/mol. The Labute approximate surface area is 216 Å². The second-order valence-corrected chi connectivity index (χ2v) is 8.60. The van der Waals surface area contributed by atoms with Gasteiger partial charge in [0.25, 0.3) is 0 Å². The number of nitrogens with two attached hydrogens (primary N) is 1. The van der Waals surface area contributed by atoms with Gasteiger partial charge in [0, 0.05) is 29.8 Å². The van der Waals surface area contributed by atoms with E-state index in [1.54, 1.807) is 0 Å². The summed E-state index contributed by atoms with van der Waals surface area (Å²) in [6.45, 7) is 14.4. The third kappa shape index (κ3) is 6.99. The molecule has 0 amide bonds. The van der Waals surface area contributed by atoms with Gasteiger partial charge in [-0.1, -0.05) is 74.7 Å². The fraction of sp³-hybridized carbons (Fsp3) is 0.212. The first kappa shape index (κ1) is 28.2. The Kier molecular flexibility index (Phi) is 11.3. The first-order chi connectivity index (χ1) is 17.4. The van der Waals surface area contributed by atoms with E-state index in [2.05, 4.69) is 73.6 Å². The molecule has 1 heterocycles. The van der Waals surface area contributed by atoms with E-state index in [1.807, 2.05) is 43.4 Å². The molecule has 3 rings (SSSR count). The zero-order chi connectivity index (χ0) is 26.5. The Hall–Kier alpha value is -4.03. The van der Waals surface area contributed by atoms with Crippen molar-refractivity contribution in [2.24, 2.45) is 11.7 Å². The summed E-state index contributed by atoms with van der Waals surface area (Å²) < 4.78 is 16.2. The summed E-state index contributed by atoms with van der Waals surface area (Å²) in [6, 6.07) is 17.2. The summed E-state index contributed by atoms with van der Waals surface area (Å²) in [7, 11) is 0. The van der Waals surface area contributed by atoms with E-state index < -0.39 is 0 Å². The van der Waals surface area contributed by atoms with Gasteiger partial charge >= 0.3 is 0 Å². The number of hydrogen-bond acceptors (Lipinski definition) is 1. The van der Waals surface area contributed by atoms with Crippen LogP contribution in [0.25, 0.3) is 28.0 Å². The lowest BCUT2D eigenvalue weighted by Gasteiger charge is -2.16. The Balaban J connectivity index is 0.00000145. The lowest BCUT2D eigenvalue weighted by molar-refractivity contribution is 0.489. The van der Waals surface area contributed by atoms with Crippen LogP contribution in [0.5, 0.6) is 0 Å². The zero-order valence-electron chi connectivity index (χ0n) is 21.7. The molecule has 0 aliphatic heterocycles. The molecule has 0 saturated heterocycles. The molecule has 2 nitrogen and oxygen atoms in total. The molecule has 3 aromatic rings. The van der Waals surface area contributed by atoms with Crippen LogP contribution in [-0.2, 0) is 6.54 Å². The van der Waals surface area contributed by atoms with Crippen molar-refractivity contribution in [1.29, 1.82) is 0 Å². The summed E-state index contributed by atoms with van der Waals surface area (Å²) in [4.78, 5) is 0. The van der Waals surface area contributed by atoms with E-state index in [0.29, 0.717) is 5.92 Å². The smallest absolute Gasteiger partial charge is 0.123 e. The molecule has 186 valence electrons. The quantitative estimate of drug-likeness (QED) is 0.241. The van der Waals surface area contributed by atoms with Crippen molar-refractivity contribution in [1.82, 2.24) is 4.57 Å². The maximum Gasteiger partial charge on any atom is 0.123 e. The summed E-state index contributed by atoms with van der Waals surface area (Å²) in [5, 5.41) is 0. The van der Waals surface area contributed by atoms with Crippen LogP contribution in [0, 0.1) is 31.0 Å². The van der Waals surface area contributed by atoms with Crippen LogP contribution >= 0.6 is 0 Å². The Morgan fingerprint density at radius 1 is 1.11 bits per heavy atom. The van der Waals surface area contributed by atoms with Gasteiger partial charge in [-0.25, -0.2) is 4.39 Å². The first-order valence-electron chi connectivity index (χ1n) is 12.2. The number of hydrogen-bond donors (Lipinski definition) is 1. The van der Waals surface area contributed by atoms with E-state index in [0.717, 1.165) is 58.6 Å². The minimum Gasteiger partial charge on any atom is -0.405 e. The van der Waals surface area contributed by atoms with Gasteiger partial charge in [-0.15, -0.1) is 12.3 Å². The fourth-order valence-electron chi connectivity index (χ4n) is 4.27. The predicted molar refractivity (Wildman–Crippen MR) is 155 cm³/mol. The third-order valence-electron chi connectivity index (χ3n) is 5.99. The molecule has 0 fully saturated rings. The van der Waals surface area contributed by atoms with Gasteiger partial charge in [0.2, 0.25) is 0 Å². The summed E-state index contributed by atoms with van der Waals surface area (Å²) in [5.41, 5.74) is 12.3. The molecule has 36 heavy (non-hydrogen) atoms. The number of rotatable bonds is 9. The highest BCUT2D eigenvalue weighted by Gasteiger charge is 2.24. The maximum absolute atomic E-state index is 13.8. The second kappa shape index (κ2) is 14.4. The summed E-state index contributed by atoms with van der Waals surface area (Å²) in [5.74, 6) is 2.96. The lowest BCUT2D eigenvalue weighted by atomic mass is 9.92. The van der Waals surface area contributed by atoms with Crippen molar-refractivity contribution >= 4 is 5.57 Å². The topological polar surface area (TPSA) is 30.9 Å². The van der Waals surface area contributed by atoms with Gasteiger partial charge in [-0.3, -0.25) is 0 Å². The third-order valence-corrected chi connectivity index (χ3v) is 5.99. The molecule has 0 saturated carbocycles. The van der Waals surface area contributed by atoms with E-state index in [4.69, 9.17) is 6.42 Å². The molecular weight excluding hydrogens is 443 g/mol. The van der Waals surface area contributed by atoms with Crippen LogP contribution in [0.1, 0.15) is 37.9 Å². The number of aromatic nitrogens is 1. The van der Waals surface area contributed by atoms with Gasteiger partial charge in [0.1, 0.15) is 5.82 Å². The van der Waals surface area contributed by atoms with Crippen LogP contribution in [-0.4, -0.2) is 4.57 Å². The van der Waals surface area contributed by atoms with Crippen molar-refractivity contribution in [3.05, 3.63) is 115 Å². The van der Waals surface area contributed by atoms with Gasteiger partial charge < -0.3 is 10.3 Å². The van der Waals surface area contributed by atoms with Crippen molar-refractivity contribution < 1.29 is 4.39 Å². The Morgan fingerprint density at radius 2 is 1.75 bits per heavy atom. The molecule has 1 unspecified atom stereocenters. The van der Waals surface area contributed by atoms with Crippen LogP contribution in [0.15, 0.2) is 98.3 Å². The van der Waals surface area contributed by atoms with Crippen LogP contribution in [0.3, 0.4) is 0 Å². The number of nitrogens with zero attached hydrogens (tertiary/aromatic N) is 1. The minimum atomic E-state index is -0.238. The molecule has 3 heteroatoms. The average Bonchev–Trinajstić information content (AvgIpc) is 3.17. The molecule has 2 aromatic carbocycles. The molecule has 0 aliphatic carbocycles. The summed E-state index contributed by atoms with van der Waals surface area (Å²) >= 11 is 0. The zero-order valence-corrected chi connectivity index (χ0v) is 21.7. The Morgan fingerprint density at radius 3 is 2.31 bits per heavy atom. The molecule has 1 atom stereocenters. The molecule has 1 aromatic heterocycles. The van der Waals surface area contributed by atoms with Crippen molar-refractivity contribution in [2.45, 2.75) is 40.2 Å². The maximum atomic E-state index is 13.8. The number of allylic oxidation sites excluding steroid dienone is 5. The monoisotopic (exact) mass is 480 g/mol. The molecule has 0 radical (unpaired) electrons. The first-order valence-corrected chi connectivity index (χ1v) is 12.2. The largest absolute Gasteiger partial charge is 0.405 e. The van der Waals surface area contributed by atoms with Crippen molar-refractivity contribution in [2.75, 3.05) is 0 Å². The number of halogens is 1. The number of terminal acetylenes is 1. The highest BCUT2D eigenvalue weighted by atomic mass is 19.1. The van der Waals surface area contributed by atoms with Crippen LogP contribution in [0.4, 0.5) is 4.39 Å². The predicted octanol–water partition coefficient (Wildman–Crippen LogP) is 8.55. The SMILES string of the molecule is C#CCC(C)CCn1c(C)c(/C(C=C)=C/C=C\C)c(-c2ccccc2)c1-c1ccc(F)cc1.C=CN. The molecule has 0 spiro atoms. The lowest BCUT2D eigenvalue weighted by Crippen LogP contribution is -2.07. The molecule has 0 bridgehead atoms. The Bertz CT molecular complexity index is 1240. The van der Waals surface area contributed by atoms with E-state index in [-0.39, 0.29) is 5.82 Å². The number of benzene rings is 2. The van der Waals surface area contributed by atoms with E-state index >= 15 is 0 Å². The molecular formula is C33H37FN2. The minimum absolute atomic E-state index is 0.238. The van der Waals surface area contributed by atoms with E-state index in [9.17, 15) is 4.39 Å². The fourth-order valence-corrected chi connectivity index (χ4v) is 4.27. The van der Waals surface area contributed by atoms with Gasteiger partial charge in [0.15, 0.2) is 0 Å².